The van der Waals surface area contributed by atoms with Crippen LogP contribution in [-0.2, 0) is 11.3 Å². The summed E-state index contributed by atoms with van der Waals surface area (Å²) in [6.07, 6.45) is 0. The van der Waals surface area contributed by atoms with Crippen molar-refractivity contribution < 1.29 is 9.72 Å². The van der Waals surface area contributed by atoms with Gasteiger partial charge >= 0.3 is 0 Å². The maximum atomic E-state index is 12.7. The molecule has 0 aliphatic heterocycles. The van der Waals surface area contributed by atoms with Crippen LogP contribution in [0.4, 0.5) is 11.4 Å². The van der Waals surface area contributed by atoms with Crippen molar-refractivity contribution in [3.63, 3.8) is 0 Å². The summed E-state index contributed by atoms with van der Waals surface area (Å²) in [5.41, 5.74) is 2.79. The fraction of sp³-hybridized carbons (Fsp3) is 0.238. The molecule has 1 aromatic heterocycles. The molecule has 0 fully saturated rings. The molecular formula is C21H21N3O4. The summed E-state index contributed by atoms with van der Waals surface area (Å²) in [7, 11) is 0. The Morgan fingerprint density at radius 2 is 1.93 bits per heavy atom. The number of aromatic nitrogens is 1. The van der Waals surface area contributed by atoms with Gasteiger partial charge in [0.1, 0.15) is 6.54 Å². The highest BCUT2D eigenvalue weighted by atomic mass is 16.6. The number of amides is 1. The second-order valence-corrected chi connectivity index (χ2v) is 7.00. The monoisotopic (exact) mass is 379 g/mol. The number of para-hydroxylation sites is 1. The number of nitrogens with zero attached hydrogens (tertiary/aromatic N) is 2. The van der Waals surface area contributed by atoms with Crippen molar-refractivity contribution >= 4 is 28.2 Å². The number of fused-ring (bicyclic) bond motifs is 1. The number of carbonyl (C=O) groups is 1. The maximum absolute atomic E-state index is 12.7. The first-order valence-electron chi connectivity index (χ1n) is 8.95. The van der Waals surface area contributed by atoms with Gasteiger partial charge in [0.25, 0.3) is 11.2 Å². The topological polar surface area (TPSA) is 94.2 Å². The van der Waals surface area contributed by atoms with Crippen LogP contribution in [0, 0.1) is 17.0 Å². The first-order valence-corrected chi connectivity index (χ1v) is 8.95. The Morgan fingerprint density at radius 3 is 2.61 bits per heavy atom. The molecule has 3 rings (SSSR count). The molecule has 0 atom stereocenters. The average molecular weight is 379 g/mol. The Bertz CT molecular complexity index is 1130. The largest absolute Gasteiger partial charge is 0.324 e. The molecule has 0 unspecified atom stereocenters. The number of aryl methyl sites for hydroxylation is 1. The fourth-order valence-corrected chi connectivity index (χ4v) is 3.23. The van der Waals surface area contributed by atoms with E-state index < -0.39 is 4.92 Å². The van der Waals surface area contributed by atoms with Crippen LogP contribution < -0.4 is 10.9 Å². The van der Waals surface area contributed by atoms with Crippen molar-refractivity contribution in [3.05, 3.63) is 80.1 Å². The van der Waals surface area contributed by atoms with Gasteiger partial charge in [0.2, 0.25) is 5.91 Å². The van der Waals surface area contributed by atoms with Gasteiger partial charge in [-0.3, -0.25) is 24.3 Å². The first-order chi connectivity index (χ1) is 13.3. The number of benzene rings is 2. The van der Waals surface area contributed by atoms with Crippen molar-refractivity contribution in [2.75, 3.05) is 5.32 Å². The Kier molecular flexibility index (Phi) is 5.26. The predicted molar refractivity (Wildman–Crippen MR) is 109 cm³/mol. The number of anilines is 1. The van der Waals surface area contributed by atoms with Gasteiger partial charge in [-0.05, 0) is 36.1 Å². The number of hydrogen-bond acceptors (Lipinski definition) is 4. The number of nitro benzene ring substituents is 1. The van der Waals surface area contributed by atoms with E-state index in [9.17, 15) is 19.7 Å². The van der Waals surface area contributed by atoms with Crippen LogP contribution >= 0.6 is 0 Å². The normalized spacial score (nSPS) is 11.0. The third-order valence-electron chi connectivity index (χ3n) is 4.68. The molecule has 0 spiro atoms. The number of nitro groups is 1. The first kappa shape index (κ1) is 19.3. The maximum Gasteiger partial charge on any atom is 0.270 e. The second kappa shape index (κ2) is 7.64. The van der Waals surface area contributed by atoms with Crippen molar-refractivity contribution in [1.29, 1.82) is 0 Å². The van der Waals surface area contributed by atoms with E-state index in [2.05, 4.69) is 5.32 Å². The van der Waals surface area contributed by atoms with Crippen molar-refractivity contribution in [1.82, 2.24) is 4.57 Å². The molecule has 2 aromatic carbocycles. The number of hydrogen-bond donors (Lipinski definition) is 1. The van der Waals surface area contributed by atoms with Gasteiger partial charge in [0, 0.05) is 29.3 Å². The average Bonchev–Trinajstić information content (AvgIpc) is 2.65. The lowest BCUT2D eigenvalue weighted by molar-refractivity contribution is -0.384. The van der Waals surface area contributed by atoms with E-state index in [1.165, 1.54) is 34.9 Å². The molecule has 1 heterocycles. The zero-order valence-corrected chi connectivity index (χ0v) is 15.9. The fourth-order valence-electron chi connectivity index (χ4n) is 3.23. The number of rotatable bonds is 5. The summed E-state index contributed by atoms with van der Waals surface area (Å²) in [5.74, 6) is -0.0971. The van der Waals surface area contributed by atoms with Crippen LogP contribution in [0.15, 0.2) is 53.3 Å². The highest BCUT2D eigenvalue weighted by molar-refractivity contribution is 5.93. The molecule has 1 amide bonds. The Hall–Kier alpha value is -3.48. The molecular weight excluding hydrogens is 358 g/mol. The van der Waals surface area contributed by atoms with Gasteiger partial charge in [-0.1, -0.05) is 32.0 Å². The van der Waals surface area contributed by atoms with E-state index in [-0.39, 0.29) is 29.6 Å². The van der Waals surface area contributed by atoms with E-state index in [0.29, 0.717) is 10.9 Å². The summed E-state index contributed by atoms with van der Waals surface area (Å²) >= 11 is 0. The predicted octanol–water partition coefficient (Wildman–Crippen LogP) is 3.98. The molecule has 0 bridgehead atoms. The minimum Gasteiger partial charge on any atom is -0.324 e. The highest BCUT2D eigenvalue weighted by Gasteiger charge is 2.15. The van der Waals surface area contributed by atoms with E-state index in [0.717, 1.165) is 16.8 Å². The molecule has 0 radical (unpaired) electrons. The number of non-ortho nitro benzene ring substituents is 1. The molecule has 0 saturated carbocycles. The molecule has 1 N–H and O–H groups in total. The molecule has 0 aliphatic carbocycles. The lowest BCUT2D eigenvalue weighted by Crippen LogP contribution is -2.28. The van der Waals surface area contributed by atoms with Crippen LogP contribution in [0.3, 0.4) is 0 Å². The van der Waals surface area contributed by atoms with Crippen molar-refractivity contribution in [2.45, 2.75) is 33.2 Å². The summed E-state index contributed by atoms with van der Waals surface area (Å²) in [6, 6.07) is 12.9. The third-order valence-corrected chi connectivity index (χ3v) is 4.68. The van der Waals surface area contributed by atoms with E-state index >= 15 is 0 Å². The summed E-state index contributed by atoms with van der Waals surface area (Å²) < 4.78 is 1.32. The molecule has 0 saturated heterocycles. The quantitative estimate of drug-likeness (QED) is 0.536. The van der Waals surface area contributed by atoms with Crippen LogP contribution in [-0.4, -0.2) is 15.4 Å². The standard InChI is InChI=1S/C21H21N3O4/c1-13(2)17-6-4-5-14(3)21(17)22-19(25)12-23-18-9-8-16(24(27)28)11-15(18)7-10-20(23)26/h4-11,13H,12H2,1-3H3,(H,22,25). The lowest BCUT2D eigenvalue weighted by atomic mass is 9.98. The summed E-state index contributed by atoms with van der Waals surface area (Å²) in [4.78, 5) is 35.5. The van der Waals surface area contributed by atoms with Crippen molar-refractivity contribution in [3.8, 4) is 0 Å². The lowest BCUT2D eigenvalue weighted by Gasteiger charge is -2.17. The van der Waals surface area contributed by atoms with Gasteiger partial charge in [-0.2, -0.15) is 0 Å². The highest BCUT2D eigenvalue weighted by Crippen LogP contribution is 2.27. The number of nitrogens with one attached hydrogen (secondary N) is 1. The van der Waals surface area contributed by atoms with Gasteiger partial charge < -0.3 is 5.32 Å². The Morgan fingerprint density at radius 1 is 1.18 bits per heavy atom. The number of pyridine rings is 1. The van der Waals surface area contributed by atoms with E-state index in [1.54, 1.807) is 0 Å². The SMILES string of the molecule is Cc1cccc(C(C)C)c1NC(=O)Cn1c(=O)ccc2cc([N+](=O)[O-])ccc21. The minimum absolute atomic E-state index is 0.0661. The molecule has 7 heteroatoms. The summed E-state index contributed by atoms with van der Waals surface area (Å²) in [6.45, 7) is 5.84. The van der Waals surface area contributed by atoms with E-state index in [4.69, 9.17) is 0 Å². The second-order valence-electron chi connectivity index (χ2n) is 7.00. The zero-order valence-electron chi connectivity index (χ0n) is 15.9. The Labute approximate surface area is 161 Å². The summed E-state index contributed by atoms with van der Waals surface area (Å²) in [5, 5.41) is 14.4. The smallest absolute Gasteiger partial charge is 0.270 e. The molecule has 7 nitrogen and oxygen atoms in total. The molecule has 0 aliphatic rings. The van der Waals surface area contributed by atoms with Crippen LogP contribution in [0.1, 0.15) is 30.9 Å². The molecule has 3 aromatic rings. The van der Waals surface area contributed by atoms with Crippen LogP contribution in [0.25, 0.3) is 10.9 Å². The van der Waals surface area contributed by atoms with Gasteiger partial charge in [0.05, 0.1) is 10.4 Å². The van der Waals surface area contributed by atoms with Crippen molar-refractivity contribution in [2.24, 2.45) is 0 Å². The van der Waals surface area contributed by atoms with Gasteiger partial charge in [0.15, 0.2) is 0 Å². The zero-order chi connectivity index (χ0) is 20.4. The van der Waals surface area contributed by atoms with Crippen LogP contribution in [0.5, 0.6) is 0 Å². The molecule has 144 valence electrons. The minimum atomic E-state index is -0.493. The van der Waals surface area contributed by atoms with Gasteiger partial charge in [-0.25, -0.2) is 0 Å². The van der Waals surface area contributed by atoms with Crippen LogP contribution in [0.2, 0.25) is 0 Å². The van der Waals surface area contributed by atoms with Gasteiger partial charge in [-0.15, -0.1) is 0 Å². The third kappa shape index (κ3) is 3.78. The molecule has 28 heavy (non-hydrogen) atoms. The number of carbonyl (C=O) groups excluding carboxylic acids is 1. The van der Waals surface area contributed by atoms with E-state index in [1.807, 2.05) is 39.0 Å². The Balaban J connectivity index is 1.95.